The molecule has 0 aromatic heterocycles. The summed E-state index contributed by atoms with van der Waals surface area (Å²) in [6.07, 6.45) is 0. The minimum atomic E-state index is 0.00965. The highest BCUT2D eigenvalue weighted by Crippen LogP contribution is 2.35. The standard InChI is InChI=1S/C12H14N2O2/c1-9(6-13)7-14(2)10-3-4-11-12(5-10)16-8-15-11/h3-5,9H,7-8H2,1-2H3. The maximum atomic E-state index is 8.76. The minimum absolute atomic E-state index is 0.00965. The molecule has 2 rings (SSSR count). The molecule has 4 heteroatoms. The Morgan fingerprint density at radius 2 is 2.19 bits per heavy atom. The van der Waals surface area contributed by atoms with Gasteiger partial charge in [-0.15, -0.1) is 0 Å². The molecule has 1 aromatic rings. The lowest BCUT2D eigenvalue weighted by Crippen LogP contribution is -2.22. The summed E-state index contributed by atoms with van der Waals surface area (Å²) in [5.41, 5.74) is 1.03. The Hall–Kier alpha value is -1.89. The highest BCUT2D eigenvalue weighted by Gasteiger charge is 2.15. The monoisotopic (exact) mass is 218 g/mol. The smallest absolute Gasteiger partial charge is 0.231 e. The average Bonchev–Trinajstić information content (AvgIpc) is 2.75. The molecule has 0 N–H and O–H groups in total. The van der Waals surface area contributed by atoms with Crippen molar-refractivity contribution in [2.75, 3.05) is 25.3 Å². The Labute approximate surface area is 95.0 Å². The first-order valence-electron chi connectivity index (χ1n) is 5.21. The number of anilines is 1. The van der Waals surface area contributed by atoms with Gasteiger partial charge in [0.2, 0.25) is 6.79 Å². The highest BCUT2D eigenvalue weighted by atomic mass is 16.7. The molecule has 0 radical (unpaired) electrons. The first kappa shape index (κ1) is 10.6. The van der Waals surface area contributed by atoms with Crippen LogP contribution in [0.2, 0.25) is 0 Å². The van der Waals surface area contributed by atoms with E-state index in [9.17, 15) is 0 Å². The van der Waals surface area contributed by atoms with Crippen LogP contribution in [0.4, 0.5) is 5.69 Å². The quantitative estimate of drug-likeness (QED) is 0.778. The summed E-state index contributed by atoms with van der Waals surface area (Å²) >= 11 is 0. The van der Waals surface area contributed by atoms with Gasteiger partial charge in [0.15, 0.2) is 11.5 Å². The summed E-state index contributed by atoms with van der Waals surface area (Å²) in [4.78, 5) is 2.04. The van der Waals surface area contributed by atoms with Crippen molar-refractivity contribution in [1.29, 1.82) is 5.26 Å². The van der Waals surface area contributed by atoms with Crippen molar-refractivity contribution in [3.8, 4) is 17.6 Å². The molecule has 0 saturated heterocycles. The van der Waals surface area contributed by atoms with E-state index in [1.165, 1.54) is 0 Å². The van der Waals surface area contributed by atoms with Crippen molar-refractivity contribution >= 4 is 5.69 Å². The first-order chi connectivity index (χ1) is 7.70. The second kappa shape index (κ2) is 4.31. The summed E-state index contributed by atoms with van der Waals surface area (Å²) in [5.74, 6) is 1.56. The molecule has 0 bridgehead atoms. The maximum Gasteiger partial charge on any atom is 0.231 e. The zero-order valence-electron chi connectivity index (χ0n) is 9.43. The predicted molar refractivity (Wildman–Crippen MR) is 60.6 cm³/mol. The predicted octanol–water partition coefficient (Wildman–Crippen LogP) is 2.01. The van der Waals surface area contributed by atoms with Gasteiger partial charge in [0.05, 0.1) is 12.0 Å². The number of fused-ring (bicyclic) bond motifs is 1. The van der Waals surface area contributed by atoms with Crippen molar-refractivity contribution in [3.63, 3.8) is 0 Å². The van der Waals surface area contributed by atoms with E-state index in [0.29, 0.717) is 6.54 Å². The molecule has 1 aliphatic heterocycles. The van der Waals surface area contributed by atoms with Gasteiger partial charge in [0, 0.05) is 25.3 Å². The van der Waals surface area contributed by atoms with E-state index in [1.54, 1.807) is 0 Å². The molecule has 1 atom stereocenters. The first-order valence-corrected chi connectivity index (χ1v) is 5.21. The summed E-state index contributed by atoms with van der Waals surface area (Å²) in [6, 6.07) is 8.02. The van der Waals surface area contributed by atoms with Crippen molar-refractivity contribution in [3.05, 3.63) is 18.2 Å². The largest absolute Gasteiger partial charge is 0.454 e. The van der Waals surface area contributed by atoms with Crippen LogP contribution < -0.4 is 14.4 Å². The Bertz CT molecular complexity index is 426. The fourth-order valence-corrected chi connectivity index (χ4v) is 1.68. The fourth-order valence-electron chi connectivity index (χ4n) is 1.68. The second-order valence-electron chi connectivity index (χ2n) is 3.95. The normalized spacial score (nSPS) is 14.3. The third kappa shape index (κ3) is 2.03. The molecule has 1 unspecified atom stereocenters. The van der Waals surface area contributed by atoms with Crippen molar-refractivity contribution in [2.24, 2.45) is 5.92 Å². The molecular weight excluding hydrogens is 204 g/mol. The van der Waals surface area contributed by atoms with Crippen molar-refractivity contribution in [1.82, 2.24) is 0 Å². The molecule has 0 saturated carbocycles. The fraction of sp³-hybridized carbons (Fsp3) is 0.417. The molecule has 0 fully saturated rings. The van der Waals surface area contributed by atoms with Gasteiger partial charge < -0.3 is 14.4 Å². The lowest BCUT2D eigenvalue weighted by Gasteiger charge is -2.20. The van der Waals surface area contributed by atoms with E-state index in [0.717, 1.165) is 17.2 Å². The third-order valence-corrected chi connectivity index (χ3v) is 2.57. The van der Waals surface area contributed by atoms with Gasteiger partial charge in [-0.1, -0.05) is 0 Å². The number of rotatable bonds is 3. The van der Waals surface area contributed by atoms with Gasteiger partial charge in [-0.05, 0) is 19.1 Å². The van der Waals surface area contributed by atoms with E-state index in [1.807, 2.05) is 37.1 Å². The number of hydrogen-bond acceptors (Lipinski definition) is 4. The highest BCUT2D eigenvalue weighted by molar-refractivity contribution is 5.56. The van der Waals surface area contributed by atoms with Gasteiger partial charge in [-0.25, -0.2) is 0 Å². The van der Waals surface area contributed by atoms with Crippen molar-refractivity contribution < 1.29 is 9.47 Å². The molecule has 0 amide bonds. The third-order valence-electron chi connectivity index (χ3n) is 2.57. The number of hydrogen-bond donors (Lipinski definition) is 0. The van der Waals surface area contributed by atoms with Crippen LogP contribution in [0.15, 0.2) is 18.2 Å². The summed E-state index contributed by atoms with van der Waals surface area (Å²) in [7, 11) is 1.96. The summed E-state index contributed by atoms with van der Waals surface area (Å²) in [6.45, 7) is 2.90. The Morgan fingerprint density at radius 1 is 1.44 bits per heavy atom. The zero-order valence-corrected chi connectivity index (χ0v) is 9.43. The Balaban J connectivity index is 2.12. The van der Waals surface area contributed by atoms with Crippen LogP contribution >= 0.6 is 0 Å². The Morgan fingerprint density at radius 3 is 2.94 bits per heavy atom. The van der Waals surface area contributed by atoms with Gasteiger partial charge >= 0.3 is 0 Å². The number of nitrogens with zero attached hydrogens (tertiary/aromatic N) is 2. The van der Waals surface area contributed by atoms with Gasteiger partial charge in [-0.2, -0.15) is 5.26 Å². The molecule has 1 heterocycles. The minimum Gasteiger partial charge on any atom is -0.454 e. The molecule has 4 nitrogen and oxygen atoms in total. The van der Waals surface area contributed by atoms with Crippen LogP contribution in [0.3, 0.4) is 0 Å². The molecule has 0 spiro atoms. The van der Waals surface area contributed by atoms with Crippen LogP contribution in [-0.4, -0.2) is 20.4 Å². The van der Waals surface area contributed by atoms with Gasteiger partial charge in [0.1, 0.15) is 0 Å². The van der Waals surface area contributed by atoms with Gasteiger partial charge in [-0.3, -0.25) is 0 Å². The second-order valence-corrected chi connectivity index (χ2v) is 3.95. The SMILES string of the molecule is CC(C#N)CN(C)c1ccc2c(c1)OCO2. The number of nitriles is 1. The summed E-state index contributed by atoms with van der Waals surface area (Å²) < 4.78 is 10.5. The summed E-state index contributed by atoms with van der Waals surface area (Å²) in [5, 5.41) is 8.76. The average molecular weight is 218 g/mol. The van der Waals surface area contributed by atoms with E-state index in [-0.39, 0.29) is 12.7 Å². The van der Waals surface area contributed by atoms with Crippen LogP contribution in [0.25, 0.3) is 0 Å². The number of benzene rings is 1. The maximum absolute atomic E-state index is 8.76. The lowest BCUT2D eigenvalue weighted by molar-refractivity contribution is 0.174. The van der Waals surface area contributed by atoms with E-state index < -0.39 is 0 Å². The Kier molecular flexibility index (Phi) is 2.86. The molecule has 1 aliphatic rings. The number of ether oxygens (including phenoxy) is 2. The van der Waals surface area contributed by atoms with Crippen LogP contribution in [0.5, 0.6) is 11.5 Å². The molecule has 84 valence electrons. The zero-order chi connectivity index (χ0) is 11.5. The molecule has 16 heavy (non-hydrogen) atoms. The van der Waals surface area contributed by atoms with E-state index >= 15 is 0 Å². The van der Waals surface area contributed by atoms with Crippen LogP contribution in [-0.2, 0) is 0 Å². The van der Waals surface area contributed by atoms with Crippen molar-refractivity contribution in [2.45, 2.75) is 6.92 Å². The van der Waals surface area contributed by atoms with Gasteiger partial charge in [0.25, 0.3) is 0 Å². The van der Waals surface area contributed by atoms with E-state index in [4.69, 9.17) is 14.7 Å². The van der Waals surface area contributed by atoms with Crippen LogP contribution in [0, 0.1) is 17.2 Å². The molecular formula is C12H14N2O2. The lowest BCUT2D eigenvalue weighted by atomic mass is 10.2. The topological polar surface area (TPSA) is 45.5 Å². The van der Waals surface area contributed by atoms with E-state index in [2.05, 4.69) is 6.07 Å². The molecule has 1 aromatic carbocycles. The molecule has 0 aliphatic carbocycles. The van der Waals surface area contributed by atoms with Crippen LogP contribution in [0.1, 0.15) is 6.92 Å².